The highest BCUT2D eigenvalue weighted by atomic mass is 32.2. The first-order valence-electron chi connectivity index (χ1n) is 9.88. The molecule has 0 bridgehead atoms. The van der Waals surface area contributed by atoms with Crippen LogP contribution in [0.4, 0.5) is 11.4 Å². The molecule has 0 saturated heterocycles. The van der Waals surface area contributed by atoms with Crippen LogP contribution >= 0.6 is 0 Å². The summed E-state index contributed by atoms with van der Waals surface area (Å²) in [5.74, 6) is 0.719. The number of rotatable bonds is 6. The summed E-state index contributed by atoms with van der Waals surface area (Å²) in [5.41, 5.74) is 1.95. The summed E-state index contributed by atoms with van der Waals surface area (Å²) >= 11 is 0. The molecule has 2 N–H and O–H groups in total. The number of ether oxygens (including phenoxy) is 2. The Bertz CT molecular complexity index is 1210. The molecule has 0 aliphatic carbocycles. The summed E-state index contributed by atoms with van der Waals surface area (Å²) < 4.78 is 39.2. The van der Waals surface area contributed by atoms with E-state index in [1.165, 1.54) is 0 Å². The summed E-state index contributed by atoms with van der Waals surface area (Å²) in [7, 11) is -3.85. The lowest BCUT2D eigenvalue weighted by atomic mass is 10.1. The number of anilines is 2. The van der Waals surface area contributed by atoms with Crippen LogP contribution < -0.4 is 19.5 Å². The molecule has 0 spiro atoms. The molecule has 7 nitrogen and oxygen atoms in total. The standard InChI is InChI=1S/C23H22N2O5S/c1-2-16-7-10-18(11-8-16)31(27,28)25-20-6-4-3-5-19(20)23(26)24-17-9-12-21-22(15-17)30-14-13-29-21/h3-12,15,25H,2,13-14H2,1H3,(H,24,26). The fourth-order valence-electron chi connectivity index (χ4n) is 3.20. The molecule has 0 saturated carbocycles. The summed E-state index contributed by atoms with van der Waals surface area (Å²) in [6.07, 6.45) is 0.816. The van der Waals surface area contributed by atoms with Gasteiger partial charge >= 0.3 is 0 Å². The quantitative estimate of drug-likeness (QED) is 0.605. The van der Waals surface area contributed by atoms with E-state index in [1.54, 1.807) is 66.7 Å². The topological polar surface area (TPSA) is 93.7 Å². The lowest BCUT2D eigenvalue weighted by Gasteiger charge is -2.19. The second-order valence-electron chi connectivity index (χ2n) is 6.96. The fraction of sp³-hybridized carbons (Fsp3) is 0.174. The van der Waals surface area contributed by atoms with Crippen molar-refractivity contribution in [2.75, 3.05) is 23.3 Å². The van der Waals surface area contributed by atoms with Gasteiger partial charge in [0, 0.05) is 11.8 Å². The van der Waals surface area contributed by atoms with Gasteiger partial charge < -0.3 is 14.8 Å². The van der Waals surface area contributed by atoms with Crippen molar-refractivity contribution in [3.8, 4) is 11.5 Å². The molecule has 1 aliphatic rings. The smallest absolute Gasteiger partial charge is 0.261 e. The Morgan fingerprint density at radius 3 is 2.39 bits per heavy atom. The van der Waals surface area contributed by atoms with Crippen molar-refractivity contribution in [2.24, 2.45) is 0 Å². The largest absolute Gasteiger partial charge is 0.486 e. The van der Waals surface area contributed by atoms with Gasteiger partial charge in [0.05, 0.1) is 16.1 Å². The molecule has 0 unspecified atom stereocenters. The van der Waals surface area contributed by atoms with Gasteiger partial charge in [0.2, 0.25) is 0 Å². The minimum Gasteiger partial charge on any atom is -0.486 e. The number of carbonyl (C=O) groups excluding carboxylic acids is 1. The van der Waals surface area contributed by atoms with E-state index in [-0.39, 0.29) is 16.1 Å². The highest BCUT2D eigenvalue weighted by Crippen LogP contribution is 2.33. The first kappa shape index (κ1) is 20.7. The minimum absolute atomic E-state index is 0.131. The molecule has 0 radical (unpaired) electrons. The normalized spacial score (nSPS) is 12.8. The van der Waals surface area contributed by atoms with E-state index in [1.807, 2.05) is 6.92 Å². The third-order valence-corrected chi connectivity index (χ3v) is 6.24. The van der Waals surface area contributed by atoms with E-state index >= 15 is 0 Å². The molecule has 0 aromatic heterocycles. The number of sulfonamides is 1. The van der Waals surface area contributed by atoms with Gasteiger partial charge in [-0.2, -0.15) is 0 Å². The predicted octanol–water partition coefficient (Wildman–Crippen LogP) is 4.07. The third kappa shape index (κ3) is 4.64. The van der Waals surface area contributed by atoms with Gasteiger partial charge in [-0.1, -0.05) is 31.2 Å². The lowest BCUT2D eigenvalue weighted by molar-refractivity contribution is 0.102. The second-order valence-corrected chi connectivity index (χ2v) is 8.64. The van der Waals surface area contributed by atoms with Gasteiger partial charge in [0.1, 0.15) is 13.2 Å². The van der Waals surface area contributed by atoms with Crippen molar-refractivity contribution in [3.63, 3.8) is 0 Å². The molecule has 160 valence electrons. The highest BCUT2D eigenvalue weighted by Gasteiger charge is 2.19. The van der Waals surface area contributed by atoms with Crippen LogP contribution in [0.15, 0.2) is 71.6 Å². The predicted molar refractivity (Wildman–Crippen MR) is 118 cm³/mol. The van der Waals surface area contributed by atoms with Crippen LogP contribution in [0.2, 0.25) is 0 Å². The molecule has 31 heavy (non-hydrogen) atoms. The first-order chi connectivity index (χ1) is 15.0. The summed E-state index contributed by atoms with van der Waals surface area (Å²) in [5, 5.41) is 2.78. The Labute approximate surface area is 181 Å². The molecule has 3 aromatic rings. The zero-order chi connectivity index (χ0) is 21.8. The number of fused-ring (bicyclic) bond motifs is 1. The number of hydrogen-bond acceptors (Lipinski definition) is 5. The van der Waals surface area contributed by atoms with Crippen molar-refractivity contribution in [1.29, 1.82) is 0 Å². The molecular formula is C23H22N2O5S. The Kier molecular flexibility index (Phi) is 5.81. The Morgan fingerprint density at radius 2 is 1.65 bits per heavy atom. The SMILES string of the molecule is CCc1ccc(S(=O)(=O)Nc2ccccc2C(=O)Nc2ccc3c(c2)OCCO3)cc1. The van der Waals surface area contributed by atoms with E-state index in [9.17, 15) is 13.2 Å². The van der Waals surface area contributed by atoms with Crippen molar-refractivity contribution >= 4 is 27.3 Å². The van der Waals surface area contributed by atoms with Gasteiger partial charge in [-0.15, -0.1) is 0 Å². The fourth-order valence-corrected chi connectivity index (χ4v) is 4.28. The number of carbonyl (C=O) groups is 1. The maximum Gasteiger partial charge on any atom is 0.261 e. The molecule has 0 fully saturated rings. The van der Waals surface area contributed by atoms with E-state index in [2.05, 4.69) is 10.0 Å². The molecule has 1 aliphatic heterocycles. The van der Waals surface area contributed by atoms with Crippen LogP contribution in [-0.4, -0.2) is 27.5 Å². The maximum absolute atomic E-state index is 12.9. The van der Waals surface area contributed by atoms with Gasteiger partial charge in [-0.3, -0.25) is 9.52 Å². The lowest BCUT2D eigenvalue weighted by Crippen LogP contribution is -2.19. The van der Waals surface area contributed by atoms with Crippen LogP contribution in [0.25, 0.3) is 0 Å². The van der Waals surface area contributed by atoms with E-state index in [0.717, 1.165) is 12.0 Å². The molecule has 4 rings (SSSR count). The highest BCUT2D eigenvalue weighted by molar-refractivity contribution is 7.92. The molecule has 8 heteroatoms. The van der Waals surface area contributed by atoms with Crippen LogP contribution in [0.3, 0.4) is 0 Å². The van der Waals surface area contributed by atoms with Crippen molar-refractivity contribution in [1.82, 2.24) is 0 Å². The summed E-state index contributed by atoms with van der Waals surface area (Å²) in [6, 6.07) is 18.2. The number of hydrogen-bond donors (Lipinski definition) is 2. The number of benzene rings is 3. The van der Waals surface area contributed by atoms with E-state index in [4.69, 9.17) is 9.47 Å². The van der Waals surface area contributed by atoms with E-state index in [0.29, 0.717) is 30.4 Å². The van der Waals surface area contributed by atoms with Gasteiger partial charge in [-0.25, -0.2) is 8.42 Å². The average Bonchev–Trinajstić information content (AvgIpc) is 2.79. The molecule has 0 atom stereocenters. The first-order valence-corrected chi connectivity index (χ1v) is 11.4. The minimum atomic E-state index is -3.85. The number of para-hydroxylation sites is 1. The maximum atomic E-state index is 12.9. The second kappa shape index (κ2) is 8.69. The molecule has 1 amide bonds. The van der Waals surface area contributed by atoms with Gasteiger partial charge in [0.15, 0.2) is 11.5 Å². The Hall–Kier alpha value is -3.52. The monoisotopic (exact) mass is 438 g/mol. The number of nitrogens with one attached hydrogen (secondary N) is 2. The van der Waals surface area contributed by atoms with E-state index < -0.39 is 15.9 Å². The summed E-state index contributed by atoms with van der Waals surface area (Å²) in [4.78, 5) is 13.0. The van der Waals surface area contributed by atoms with Crippen LogP contribution in [0, 0.1) is 0 Å². The van der Waals surface area contributed by atoms with Gasteiger partial charge in [0.25, 0.3) is 15.9 Å². The zero-order valence-corrected chi connectivity index (χ0v) is 17.7. The Morgan fingerprint density at radius 1 is 0.935 bits per heavy atom. The van der Waals surface area contributed by atoms with Crippen LogP contribution in [0.5, 0.6) is 11.5 Å². The van der Waals surface area contributed by atoms with Crippen LogP contribution in [-0.2, 0) is 16.4 Å². The zero-order valence-electron chi connectivity index (χ0n) is 16.9. The third-order valence-electron chi connectivity index (χ3n) is 4.86. The van der Waals surface area contributed by atoms with Crippen molar-refractivity contribution in [2.45, 2.75) is 18.2 Å². The van der Waals surface area contributed by atoms with Crippen molar-refractivity contribution in [3.05, 3.63) is 77.9 Å². The number of amides is 1. The van der Waals surface area contributed by atoms with Gasteiger partial charge in [-0.05, 0) is 48.4 Å². The average molecular weight is 439 g/mol. The Balaban J connectivity index is 1.55. The van der Waals surface area contributed by atoms with Crippen molar-refractivity contribution < 1.29 is 22.7 Å². The molecule has 1 heterocycles. The number of aryl methyl sites for hydroxylation is 1. The van der Waals surface area contributed by atoms with Crippen LogP contribution in [0.1, 0.15) is 22.8 Å². The molecular weight excluding hydrogens is 416 g/mol. The molecule has 3 aromatic carbocycles. The summed E-state index contributed by atoms with van der Waals surface area (Å²) in [6.45, 7) is 2.92.